The third kappa shape index (κ3) is 4.99. The van der Waals surface area contributed by atoms with Crippen LogP contribution in [0.4, 0.5) is 0 Å². The lowest BCUT2D eigenvalue weighted by atomic mass is 9.90. The van der Waals surface area contributed by atoms with Crippen molar-refractivity contribution in [3.8, 4) is 6.07 Å². The second-order valence-electron chi connectivity index (χ2n) is 5.98. The van der Waals surface area contributed by atoms with Gasteiger partial charge in [-0.05, 0) is 71.5 Å². The Morgan fingerprint density at radius 2 is 2.06 bits per heavy atom. The molecule has 0 radical (unpaired) electrons. The number of hydrogen-bond acceptors (Lipinski definition) is 2. The highest BCUT2D eigenvalue weighted by atomic mass is 15.1. The fourth-order valence-electron chi connectivity index (χ4n) is 2.35. The largest absolute Gasteiger partial charge is 0.303 e. The first kappa shape index (κ1) is 13.5. The first-order valence-electron chi connectivity index (χ1n) is 6.67. The third-order valence-corrected chi connectivity index (χ3v) is 3.69. The lowest BCUT2D eigenvalue weighted by Gasteiger charge is -2.22. The van der Waals surface area contributed by atoms with Crippen LogP contribution in [-0.4, -0.2) is 24.5 Å². The van der Waals surface area contributed by atoms with Crippen molar-refractivity contribution in [3.63, 3.8) is 0 Å². The van der Waals surface area contributed by atoms with E-state index < -0.39 is 0 Å². The highest BCUT2D eigenvalue weighted by Crippen LogP contribution is 2.22. The molecule has 92 valence electrons. The summed E-state index contributed by atoms with van der Waals surface area (Å²) < 4.78 is 0. The highest BCUT2D eigenvalue weighted by Gasteiger charge is 2.18. The summed E-state index contributed by atoms with van der Waals surface area (Å²) in [5.41, 5.74) is -0.140. The van der Waals surface area contributed by atoms with Gasteiger partial charge in [-0.25, -0.2) is 0 Å². The molecule has 1 aliphatic heterocycles. The van der Waals surface area contributed by atoms with Gasteiger partial charge in [0.1, 0.15) is 0 Å². The van der Waals surface area contributed by atoms with Crippen molar-refractivity contribution in [3.05, 3.63) is 0 Å². The van der Waals surface area contributed by atoms with E-state index in [0.717, 1.165) is 18.8 Å². The summed E-state index contributed by atoms with van der Waals surface area (Å²) in [7, 11) is 0. The van der Waals surface area contributed by atoms with Crippen molar-refractivity contribution >= 4 is 0 Å². The minimum Gasteiger partial charge on any atom is -0.303 e. The Kier molecular flexibility index (Phi) is 5.28. The van der Waals surface area contributed by atoms with Crippen molar-refractivity contribution in [2.24, 2.45) is 11.3 Å². The molecule has 0 aromatic heterocycles. The maximum absolute atomic E-state index is 8.95. The fraction of sp³-hybridized carbons (Fsp3) is 0.929. The van der Waals surface area contributed by atoms with Crippen molar-refractivity contribution in [2.45, 2.75) is 52.9 Å². The van der Waals surface area contributed by atoms with Crippen LogP contribution in [0.1, 0.15) is 52.9 Å². The SMILES string of the molecule is CC1CCCN(CCCC(C)(C)C#N)CC1. The number of hydrogen-bond donors (Lipinski definition) is 0. The standard InChI is InChI=1S/C14H26N2/c1-13-6-4-9-16(11-7-13)10-5-8-14(2,3)12-15/h13H,4-11H2,1-3H3. The molecule has 0 N–H and O–H groups in total. The van der Waals surface area contributed by atoms with Gasteiger partial charge >= 0.3 is 0 Å². The molecule has 1 fully saturated rings. The Morgan fingerprint density at radius 1 is 1.31 bits per heavy atom. The molecule has 0 spiro atoms. The number of rotatable bonds is 4. The monoisotopic (exact) mass is 222 g/mol. The van der Waals surface area contributed by atoms with Gasteiger partial charge in [0.25, 0.3) is 0 Å². The fourth-order valence-corrected chi connectivity index (χ4v) is 2.35. The molecular formula is C14H26N2. The summed E-state index contributed by atoms with van der Waals surface area (Å²) in [5, 5.41) is 8.95. The molecule has 1 rings (SSSR count). The summed E-state index contributed by atoms with van der Waals surface area (Å²) in [4.78, 5) is 2.58. The highest BCUT2D eigenvalue weighted by molar-refractivity contribution is 4.91. The summed E-state index contributed by atoms with van der Waals surface area (Å²) in [6.07, 6.45) is 6.27. The Morgan fingerprint density at radius 3 is 2.75 bits per heavy atom. The van der Waals surface area contributed by atoms with E-state index in [9.17, 15) is 0 Å². The third-order valence-electron chi connectivity index (χ3n) is 3.69. The van der Waals surface area contributed by atoms with Gasteiger partial charge in [-0.2, -0.15) is 5.26 Å². The van der Waals surface area contributed by atoms with Crippen molar-refractivity contribution in [1.82, 2.24) is 4.90 Å². The smallest absolute Gasteiger partial charge is 0.0683 e. The molecule has 2 heteroatoms. The van der Waals surface area contributed by atoms with Crippen molar-refractivity contribution in [2.75, 3.05) is 19.6 Å². The Bertz CT molecular complexity index is 240. The van der Waals surface area contributed by atoms with Crippen LogP contribution in [0.3, 0.4) is 0 Å². The van der Waals surface area contributed by atoms with Gasteiger partial charge in [0.05, 0.1) is 11.5 Å². The zero-order valence-corrected chi connectivity index (χ0v) is 11.1. The lowest BCUT2D eigenvalue weighted by Crippen LogP contribution is -2.26. The average molecular weight is 222 g/mol. The number of likely N-dealkylation sites (tertiary alicyclic amines) is 1. The minimum absolute atomic E-state index is 0.140. The second kappa shape index (κ2) is 6.25. The molecule has 1 atom stereocenters. The first-order valence-corrected chi connectivity index (χ1v) is 6.67. The summed E-state index contributed by atoms with van der Waals surface area (Å²) in [6.45, 7) is 10.1. The van der Waals surface area contributed by atoms with E-state index in [2.05, 4.69) is 17.9 Å². The van der Waals surface area contributed by atoms with E-state index in [-0.39, 0.29) is 5.41 Å². The summed E-state index contributed by atoms with van der Waals surface area (Å²) >= 11 is 0. The van der Waals surface area contributed by atoms with Gasteiger partial charge in [0.15, 0.2) is 0 Å². The van der Waals surface area contributed by atoms with E-state index in [1.165, 1.54) is 38.9 Å². The zero-order valence-electron chi connectivity index (χ0n) is 11.1. The van der Waals surface area contributed by atoms with Crippen molar-refractivity contribution in [1.29, 1.82) is 5.26 Å². The Labute approximate surface area is 101 Å². The van der Waals surface area contributed by atoms with Crippen molar-refractivity contribution < 1.29 is 0 Å². The minimum atomic E-state index is -0.140. The lowest BCUT2D eigenvalue weighted by molar-refractivity contribution is 0.262. The van der Waals surface area contributed by atoms with Crippen LogP contribution in [-0.2, 0) is 0 Å². The topological polar surface area (TPSA) is 27.0 Å². The second-order valence-corrected chi connectivity index (χ2v) is 5.98. The van der Waals surface area contributed by atoms with E-state index >= 15 is 0 Å². The normalized spacial score (nSPS) is 23.8. The van der Waals surface area contributed by atoms with Crippen LogP contribution < -0.4 is 0 Å². The van der Waals surface area contributed by atoms with Gasteiger partial charge in [-0.1, -0.05) is 6.92 Å². The summed E-state index contributed by atoms with van der Waals surface area (Å²) in [6, 6.07) is 2.38. The zero-order chi connectivity index (χ0) is 12.0. The molecule has 0 bridgehead atoms. The molecule has 1 heterocycles. The molecule has 0 amide bonds. The predicted octanol–water partition coefficient (Wildman–Crippen LogP) is 3.44. The maximum Gasteiger partial charge on any atom is 0.0683 e. The Balaban J connectivity index is 2.20. The van der Waals surface area contributed by atoms with E-state index in [4.69, 9.17) is 5.26 Å². The van der Waals surface area contributed by atoms with E-state index in [1.54, 1.807) is 0 Å². The molecule has 0 aromatic rings. The van der Waals surface area contributed by atoms with Crippen LogP contribution in [0, 0.1) is 22.7 Å². The van der Waals surface area contributed by atoms with E-state index in [0.29, 0.717) is 0 Å². The first-order chi connectivity index (χ1) is 7.53. The summed E-state index contributed by atoms with van der Waals surface area (Å²) in [5.74, 6) is 0.903. The predicted molar refractivity (Wildman–Crippen MR) is 68.1 cm³/mol. The molecule has 1 unspecified atom stereocenters. The van der Waals surface area contributed by atoms with E-state index in [1.807, 2.05) is 13.8 Å². The van der Waals surface area contributed by atoms with Gasteiger partial charge in [0, 0.05) is 0 Å². The van der Waals surface area contributed by atoms with Gasteiger partial charge in [-0.3, -0.25) is 0 Å². The van der Waals surface area contributed by atoms with Gasteiger partial charge in [-0.15, -0.1) is 0 Å². The van der Waals surface area contributed by atoms with Crippen LogP contribution in [0.5, 0.6) is 0 Å². The molecule has 1 aliphatic rings. The molecular weight excluding hydrogens is 196 g/mol. The number of nitrogens with zero attached hydrogens (tertiary/aromatic N) is 2. The van der Waals surface area contributed by atoms with Crippen LogP contribution in [0.15, 0.2) is 0 Å². The maximum atomic E-state index is 8.95. The Hall–Kier alpha value is -0.550. The van der Waals surface area contributed by atoms with Gasteiger partial charge < -0.3 is 4.90 Å². The molecule has 16 heavy (non-hydrogen) atoms. The molecule has 0 saturated carbocycles. The van der Waals surface area contributed by atoms with Gasteiger partial charge in [0.2, 0.25) is 0 Å². The van der Waals surface area contributed by atoms with Crippen LogP contribution in [0.25, 0.3) is 0 Å². The van der Waals surface area contributed by atoms with Crippen LogP contribution >= 0.6 is 0 Å². The molecule has 2 nitrogen and oxygen atoms in total. The average Bonchev–Trinajstić information content (AvgIpc) is 2.44. The van der Waals surface area contributed by atoms with Crippen LogP contribution in [0.2, 0.25) is 0 Å². The number of nitriles is 1. The quantitative estimate of drug-likeness (QED) is 0.728. The molecule has 1 saturated heterocycles. The molecule has 0 aromatic carbocycles. The molecule has 0 aliphatic carbocycles.